The molecule has 0 saturated heterocycles. The van der Waals surface area contributed by atoms with E-state index >= 15 is 0 Å². The molecule has 0 heterocycles. The maximum atomic E-state index is 2.47. The number of rotatable bonds is 10. The quantitative estimate of drug-likeness (QED) is 0.105. The van der Waals surface area contributed by atoms with Gasteiger partial charge in [-0.2, -0.15) is 0 Å². The summed E-state index contributed by atoms with van der Waals surface area (Å²) in [5.41, 5.74) is 12.4. The normalized spacial score (nSPS) is 12.0. The average Bonchev–Trinajstić information content (AvgIpc) is 3.17. The molecule has 0 N–H and O–H groups in total. The van der Waals surface area contributed by atoms with Crippen LogP contribution in [-0.4, -0.2) is 0 Å². The molecule has 2 heteroatoms. The van der Waals surface area contributed by atoms with E-state index in [2.05, 4.69) is 211 Å². The second-order valence-electron chi connectivity index (χ2n) is 15.7. The van der Waals surface area contributed by atoms with Crippen LogP contribution in [0.4, 0.5) is 34.1 Å². The number of anilines is 6. The Morgan fingerprint density at radius 1 is 0.365 bits per heavy atom. The lowest BCUT2D eigenvalue weighted by molar-refractivity contribution is 0.506. The summed E-state index contributed by atoms with van der Waals surface area (Å²) in [6, 6.07) is 54.4. The zero-order valence-electron chi connectivity index (χ0n) is 32.2. The van der Waals surface area contributed by atoms with Crippen molar-refractivity contribution >= 4 is 55.7 Å². The van der Waals surface area contributed by atoms with Crippen LogP contribution in [0.3, 0.4) is 0 Å². The van der Waals surface area contributed by atoms with E-state index in [0.717, 1.165) is 35.6 Å². The highest BCUT2D eigenvalue weighted by Gasteiger charge is 2.26. The minimum absolute atomic E-state index is 0.109. The van der Waals surface area contributed by atoms with Gasteiger partial charge in [-0.15, -0.1) is 0 Å². The molecule has 0 radical (unpaired) electrons. The van der Waals surface area contributed by atoms with Crippen molar-refractivity contribution in [2.45, 2.75) is 79.1 Å². The monoisotopic (exact) mass is 680 g/mol. The molecule has 0 aromatic heterocycles. The van der Waals surface area contributed by atoms with Crippen LogP contribution in [0.15, 0.2) is 146 Å². The molecule has 0 aliphatic carbocycles. The van der Waals surface area contributed by atoms with E-state index in [0.29, 0.717) is 0 Å². The molecule has 0 spiro atoms. The van der Waals surface area contributed by atoms with E-state index in [-0.39, 0.29) is 10.8 Å². The van der Waals surface area contributed by atoms with Crippen molar-refractivity contribution in [3.05, 3.63) is 168 Å². The molecule has 7 aromatic carbocycles. The van der Waals surface area contributed by atoms with Gasteiger partial charge in [0.15, 0.2) is 0 Å². The van der Waals surface area contributed by atoms with Crippen molar-refractivity contribution in [1.29, 1.82) is 0 Å². The van der Waals surface area contributed by atoms with Gasteiger partial charge in [-0.3, -0.25) is 0 Å². The maximum absolute atomic E-state index is 2.47. The van der Waals surface area contributed by atoms with Crippen LogP contribution in [-0.2, 0) is 10.8 Å². The molecule has 2 nitrogen and oxygen atoms in total. The summed E-state index contributed by atoms with van der Waals surface area (Å²) in [5, 5.41) is 4.82. The molecule has 0 bridgehead atoms. The van der Waals surface area contributed by atoms with Gasteiger partial charge in [0.2, 0.25) is 0 Å². The summed E-state index contributed by atoms with van der Waals surface area (Å²) in [7, 11) is 0. The van der Waals surface area contributed by atoms with Gasteiger partial charge in [0.25, 0.3) is 0 Å². The third kappa shape index (κ3) is 6.48. The molecule has 0 atom stereocenters. The Morgan fingerprint density at radius 2 is 0.615 bits per heavy atom. The SMILES string of the molecule is CCC(C)(C)c1ccc(N(c2ccc(C)cc2)c2c3ccccc3c(N(c3ccc(C)cc3)c3ccc(C(C)(C)CC)cc3)c3ccccc23)cc1. The van der Waals surface area contributed by atoms with Gasteiger partial charge in [-0.25, -0.2) is 0 Å². The van der Waals surface area contributed by atoms with Gasteiger partial charge >= 0.3 is 0 Å². The predicted molar refractivity (Wildman–Crippen MR) is 227 cm³/mol. The van der Waals surface area contributed by atoms with Gasteiger partial charge in [0.05, 0.1) is 11.4 Å². The Kier molecular flexibility index (Phi) is 9.44. The zero-order chi connectivity index (χ0) is 36.6. The Bertz CT molecular complexity index is 2090. The molecule has 7 aromatic rings. The smallest absolute Gasteiger partial charge is 0.0619 e. The van der Waals surface area contributed by atoms with Gasteiger partial charge < -0.3 is 9.80 Å². The first-order valence-electron chi connectivity index (χ1n) is 18.9. The molecule has 0 amide bonds. The summed E-state index contributed by atoms with van der Waals surface area (Å²) in [6.07, 6.45) is 2.17. The summed E-state index contributed by atoms with van der Waals surface area (Å²) in [6.45, 7) is 18.2. The molecular weight excluding hydrogens is 629 g/mol. The fourth-order valence-corrected chi connectivity index (χ4v) is 7.30. The van der Waals surface area contributed by atoms with E-state index in [1.807, 2.05) is 0 Å². The minimum Gasteiger partial charge on any atom is -0.309 e. The molecule has 0 fully saturated rings. The largest absolute Gasteiger partial charge is 0.309 e. The Morgan fingerprint density at radius 3 is 0.865 bits per heavy atom. The standard InChI is InChI=1S/C50H52N2/c1-9-49(5,6)37-23-31-41(32-24-37)51(39-27-19-35(3)20-28-39)47-43-15-11-13-17-45(43)48(46-18-14-12-16-44(46)47)52(40-29-21-36(4)22-30-40)42-33-25-38(26-34-42)50(7,8)10-2/h11-34H,9-10H2,1-8H3. The van der Waals surface area contributed by atoms with Crippen LogP contribution >= 0.6 is 0 Å². The second kappa shape index (κ2) is 14.0. The van der Waals surface area contributed by atoms with Crippen molar-refractivity contribution in [3.8, 4) is 0 Å². The van der Waals surface area contributed by atoms with Gasteiger partial charge in [0, 0.05) is 44.3 Å². The van der Waals surface area contributed by atoms with E-state index in [9.17, 15) is 0 Å². The van der Waals surface area contributed by atoms with Crippen LogP contribution in [0.1, 0.15) is 76.6 Å². The van der Waals surface area contributed by atoms with Crippen molar-refractivity contribution in [3.63, 3.8) is 0 Å². The van der Waals surface area contributed by atoms with E-state index in [4.69, 9.17) is 0 Å². The summed E-state index contributed by atoms with van der Waals surface area (Å²) in [4.78, 5) is 4.93. The number of hydrogen-bond donors (Lipinski definition) is 0. The third-order valence-electron chi connectivity index (χ3n) is 11.5. The molecular formula is C50H52N2. The predicted octanol–water partition coefficient (Wildman–Crippen LogP) is 14.9. The first-order chi connectivity index (χ1) is 25.0. The molecule has 0 saturated carbocycles. The van der Waals surface area contributed by atoms with Crippen LogP contribution < -0.4 is 9.80 Å². The Balaban J connectivity index is 1.54. The van der Waals surface area contributed by atoms with Crippen molar-refractivity contribution in [1.82, 2.24) is 0 Å². The zero-order valence-corrected chi connectivity index (χ0v) is 32.2. The number of fused-ring (bicyclic) bond motifs is 2. The van der Waals surface area contributed by atoms with E-state index in [1.165, 1.54) is 55.2 Å². The fraction of sp³-hybridized carbons (Fsp3) is 0.240. The topological polar surface area (TPSA) is 6.48 Å². The minimum atomic E-state index is 0.109. The molecule has 7 rings (SSSR count). The van der Waals surface area contributed by atoms with Gasteiger partial charge in [0.1, 0.15) is 0 Å². The molecule has 262 valence electrons. The lowest BCUT2D eigenvalue weighted by Gasteiger charge is -2.33. The summed E-state index contributed by atoms with van der Waals surface area (Å²) < 4.78 is 0. The lowest BCUT2D eigenvalue weighted by atomic mass is 9.82. The van der Waals surface area contributed by atoms with Gasteiger partial charge in [-0.05, 0) is 97.2 Å². The van der Waals surface area contributed by atoms with Crippen molar-refractivity contribution < 1.29 is 0 Å². The van der Waals surface area contributed by atoms with Crippen LogP contribution in [0.25, 0.3) is 21.5 Å². The third-order valence-corrected chi connectivity index (χ3v) is 11.5. The average molecular weight is 681 g/mol. The molecule has 52 heavy (non-hydrogen) atoms. The van der Waals surface area contributed by atoms with Crippen molar-refractivity contribution in [2.24, 2.45) is 0 Å². The number of hydrogen-bond acceptors (Lipinski definition) is 2. The van der Waals surface area contributed by atoms with Crippen molar-refractivity contribution in [2.75, 3.05) is 9.80 Å². The number of benzene rings is 7. The maximum Gasteiger partial charge on any atom is 0.0619 e. The van der Waals surface area contributed by atoms with Crippen LogP contribution in [0, 0.1) is 13.8 Å². The van der Waals surface area contributed by atoms with Crippen LogP contribution in [0.5, 0.6) is 0 Å². The summed E-state index contributed by atoms with van der Waals surface area (Å²) in [5.74, 6) is 0. The molecule has 0 aliphatic rings. The van der Waals surface area contributed by atoms with E-state index in [1.54, 1.807) is 0 Å². The number of nitrogens with zero attached hydrogens (tertiary/aromatic N) is 2. The van der Waals surface area contributed by atoms with Crippen LogP contribution in [0.2, 0.25) is 0 Å². The lowest BCUT2D eigenvalue weighted by Crippen LogP contribution is -2.17. The molecule has 0 unspecified atom stereocenters. The first-order valence-corrected chi connectivity index (χ1v) is 18.9. The molecule has 0 aliphatic heterocycles. The number of aryl methyl sites for hydroxylation is 2. The first kappa shape index (κ1) is 35.1. The fourth-order valence-electron chi connectivity index (χ4n) is 7.30. The second-order valence-corrected chi connectivity index (χ2v) is 15.7. The van der Waals surface area contributed by atoms with Gasteiger partial charge in [-0.1, -0.05) is 150 Å². The Labute approximate surface area is 311 Å². The highest BCUT2D eigenvalue weighted by atomic mass is 15.2. The van der Waals surface area contributed by atoms with E-state index < -0.39 is 0 Å². The highest BCUT2D eigenvalue weighted by Crippen LogP contribution is 2.51. The Hall–Kier alpha value is -5.34. The summed E-state index contributed by atoms with van der Waals surface area (Å²) >= 11 is 0. The highest BCUT2D eigenvalue weighted by molar-refractivity contribution is 6.23.